The lowest BCUT2D eigenvalue weighted by Gasteiger charge is -2.26. The van der Waals surface area contributed by atoms with Crippen LogP contribution >= 0.6 is 11.6 Å². The van der Waals surface area contributed by atoms with Crippen molar-refractivity contribution in [1.82, 2.24) is 35.1 Å². The molecule has 216 valence electrons. The first-order chi connectivity index (χ1) is 20.1. The van der Waals surface area contributed by atoms with Gasteiger partial charge in [0.25, 0.3) is 5.91 Å². The maximum absolute atomic E-state index is 13.5. The molecule has 12 nitrogen and oxygen atoms in total. The number of aromatic nitrogens is 5. The molecule has 2 amide bonds. The van der Waals surface area contributed by atoms with E-state index < -0.39 is 12.1 Å². The van der Waals surface area contributed by atoms with E-state index in [0.29, 0.717) is 44.9 Å². The van der Waals surface area contributed by atoms with Crippen LogP contribution in [0, 0.1) is 6.92 Å². The molecule has 0 fully saturated rings. The number of hydrogen-bond donors (Lipinski definition) is 3. The molecule has 4 aromatic rings. The van der Waals surface area contributed by atoms with E-state index in [4.69, 9.17) is 11.6 Å². The number of aliphatic hydroxyl groups is 1. The SMILES string of the molecule is Cc1nccc(Nc2ncc(Cl)c(-c3ccc4c(c3)C(=O)N(C(C)C(=O)NC(CO)c3ccnc(N(C)C)c3)C4)n2)n1. The molecule has 0 saturated carbocycles. The van der Waals surface area contributed by atoms with Crippen molar-refractivity contribution in [3.8, 4) is 11.3 Å². The zero-order valence-corrected chi connectivity index (χ0v) is 24.3. The average molecular weight is 588 g/mol. The van der Waals surface area contributed by atoms with Gasteiger partial charge in [0.15, 0.2) is 0 Å². The number of hydrogen-bond acceptors (Lipinski definition) is 10. The smallest absolute Gasteiger partial charge is 0.255 e. The fourth-order valence-electron chi connectivity index (χ4n) is 4.62. The number of fused-ring (bicyclic) bond motifs is 1. The second-order valence-electron chi connectivity index (χ2n) is 10.1. The summed E-state index contributed by atoms with van der Waals surface area (Å²) in [4.78, 5) is 51.5. The number of aliphatic hydroxyl groups excluding tert-OH is 1. The highest BCUT2D eigenvalue weighted by atomic mass is 35.5. The van der Waals surface area contributed by atoms with Gasteiger partial charge in [0.1, 0.15) is 23.5 Å². The quantitative estimate of drug-likeness (QED) is 0.266. The highest BCUT2D eigenvalue weighted by Gasteiger charge is 2.35. The van der Waals surface area contributed by atoms with Crippen LogP contribution in [0.5, 0.6) is 0 Å². The molecule has 0 radical (unpaired) electrons. The Morgan fingerprint density at radius 2 is 1.90 bits per heavy atom. The van der Waals surface area contributed by atoms with Crippen LogP contribution in [-0.2, 0) is 11.3 Å². The number of aryl methyl sites for hydroxylation is 1. The summed E-state index contributed by atoms with van der Waals surface area (Å²) in [5.74, 6) is 1.46. The lowest BCUT2D eigenvalue weighted by Crippen LogP contribution is -2.46. The summed E-state index contributed by atoms with van der Waals surface area (Å²) in [5.41, 5.74) is 3.03. The van der Waals surface area contributed by atoms with Gasteiger partial charge in [-0.15, -0.1) is 0 Å². The van der Waals surface area contributed by atoms with Crippen LogP contribution in [0.2, 0.25) is 5.02 Å². The minimum Gasteiger partial charge on any atom is -0.394 e. The fraction of sp³-hybridized carbons (Fsp3) is 0.276. The van der Waals surface area contributed by atoms with Gasteiger partial charge < -0.3 is 25.5 Å². The minimum absolute atomic E-state index is 0.268. The van der Waals surface area contributed by atoms with Crippen molar-refractivity contribution in [2.45, 2.75) is 32.5 Å². The number of benzene rings is 1. The van der Waals surface area contributed by atoms with Crippen LogP contribution < -0.4 is 15.5 Å². The maximum atomic E-state index is 13.5. The van der Waals surface area contributed by atoms with E-state index in [1.54, 1.807) is 50.5 Å². The lowest BCUT2D eigenvalue weighted by atomic mass is 10.0. The van der Waals surface area contributed by atoms with Crippen LogP contribution in [0.4, 0.5) is 17.6 Å². The van der Waals surface area contributed by atoms with E-state index in [0.717, 1.165) is 5.56 Å². The highest BCUT2D eigenvalue weighted by Crippen LogP contribution is 2.32. The van der Waals surface area contributed by atoms with Gasteiger partial charge in [-0.25, -0.2) is 24.9 Å². The monoisotopic (exact) mass is 587 g/mol. The molecule has 0 bridgehead atoms. The standard InChI is InChI=1S/C29H30ClN9O3/c1-16(27(41)35-23(15-40)18-7-9-32-25(12-18)38(3)4)39-14-20-6-5-19(11-21(20)28(39)42)26-22(30)13-33-29(37-26)36-24-8-10-31-17(2)34-24/h5-13,16,23,40H,14-15H2,1-4H3,(H,35,41)(H,31,33,34,36,37). The summed E-state index contributed by atoms with van der Waals surface area (Å²) in [5, 5.41) is 16.2. The number of halogens is 1. The van der Waals surface area contributed by atoms with Gasteiger partial charge >= 0.3 is 0 Å². The summed E-state index contributed by atoms with van der Waals surface area (Å²) in [6.45, 7) is 3.41. The first kappa shape index (κ1) is 28.8. The van der Waals surface area contributed by atoms with Crippen molar-refractivity contribution in [3.63, 3.8) is 0 Å². The van der Waals surface area contributed by atoms with E-state index in [1.165, 1.54) is 11.1 Å². The third-order valence-electron chi connectivity index (χ3n) is 6.95. The van der Waals surface area contributed by atoms with E-state index in [2.05, 4.69) is 35.6 Å². The second-order valence-corrected chi connectivity index (χ2v) is 10.5. The number of amides is 2. The third kappa shape index (κ3) is 5.99. The molecule has 2 atom stereocenters. The summed E-state index contributed by atoms with van der Waals surface area (Å²) >= 11 is 6.45. The van der Waals surface area contributed by atoms with Gasteiger partial charge in [0.05, 0.1) is 29.6 Å². The molecule has 0 aliphatic carbocycles. The number of carbonyl (C=O) groups is 2. The Morgan fingerprint density at radius 3 is 2.64 bits per heavy atom. The first-order valence-electron chi connectivity index (χ1n) is 13.2. The Morgan fingerprint density at radius 1 is 1.12 bits per heavy atom. The van der Waals surface area contributed by atoms with Crippen molar-refractivity contribution in [3.05, 3.63) is 82.5 Å². The van der Waals surface area contributed by atoms with Crippen molar-refractivity contribution in [1.29, 1.82) is 0 Å². The molecule has 1 aromatic carbocycles. The molecule has 4 heterocycles. The maximum Gasteiger partial charge on any atom is 0.255 e. The Hall–Kier alpha value is -4.68. The van der Waals surface area contributed by atoms with Crippen molar-refractivity contribution in [2.24, 2.45) is 0 Å². The van der Waals surface area contributed by atoms with Crippen molar-refractivity contribution in [2.75, 3.05) is 30.9 Å². The molecule has 0 saturated heterocycles. The number of nitrogens with one attached hydrogen (secondary N) is 2. The molecule has 1 aliphatic rings. The third-order valence-corrected chi connectivity index (χ3v) is 7.23. The van der Waals surface area contributed by atoms with Gasteiger partial charge in [-0.3, -0.25) is 9.59 Å². The topological polar surface area (TPSA) is 149 Å². The minimum atomic E-state index is -0.785. The van der Waals surface area contributed by atoms with Gasteiger partial charge in [0.2, 0.25) is 11.9 Å². The first-order valence-corrected chi connectivity index (χ1v) is 13.6. The normalized spacial score (nSPS) is 13.9. The largest absolute Gasteiger partial charge is 0.394 e. The number of anilines is 3. The number of rotatable bonds is 9. The molecule has 13 heteroatoms. The van der Waals surface area contributed by atoms with Gasteiger partial charge in [-0.1, -0.05) is 23.7 Å². The van der Waals surface area contributed by atoms with Gasteiger partial charge in [0, 0.05) is 44.2 Å². The predicted octanol–water partition coefficient (Wildman–Crippen LogP) is 3.29. The van der Waals surface area contributed by atoms with Gasteiger partial charge in [-0.2, -0.15) is 0 Å². The number of nitrogens with zero attached hydrogens (tertiary/aromatic N) is 7. The molecular formula is C29H30ClN9O3. The molecule has 2 unspecified atom stereocenters. The molecule has 3 N–H and O–H groups in total. The Labute approximate surface area is 247 Å². The summed E-state index contributed by atoms with van der Waals surface area (Å²) < 4.78 is 0. The Kier molecular flexibility index (Phi) is 8.27. The average Bonchev–Trinajstić information content (AvgIpc) is 3.31. The summed E-state index contributed by atoms with van der Waals surface area (Å²) in [6.07, 6.45) is 4.74. The summed E-state index contributed by atoms with van der Waals surface area (Å²) in [7, 11) is 3.72. The molecule has 5 rings (SSSR count). The van der Waals surface area contributed by atoms with Crippen molar-refractivity contribution >= 4 is 41.0 Å². The van der Waals surface area contributed by atoms with E-state index in [1.807, 2.05) is 31.1 Å². The second kappa shape index (κ2) is 12.0. The highest BCUT2D eigenvalue weighted by molar-refractivity contribution is 6.33. The Bertz CT molecular complexity index is 1650. The van der Waals surface area contributed by atoms with E-state index in [-0.39, 0.29) is 30.9 Å². The molecule has 1 aliphatic heterocycles. The van der Waals surface area contributed by atoms with E-state index >= 15 is 0 Å². The fourth-order valence-corrected chi connectivity index (χ4v) is 4.82. The molecule has 0 spiro atoms. The number of carbonyl (C=O) groups excluding carboxylic acids is 2. The van der Waals surface area contributed by atoms with Crippen LogP contribution in [0.1, 0.15) is 40.3 Å². The lowest BCUT2D eigenvalue weighted by molar-refractivity contribution is -0.126. The number of pyridine rings is 1. The van der Waals surface area contributed by atoms with Crippen LogP contribution in [-0.4, -0.2) is 73.5 Å². The zero-order chi connectivity index (χ0) is 30.0. The van der Waals surface area contributed by atoms with Crippen LogP contribution in [0.15, 0.2) is 55.0 Å². The van der Waals surface area contributed by atoms with Crippen LogP contribution in [0.25, 0.3) is 11.3 Å². The van der Waals surface area contributed by atoms with E-state index in [9.17, 15) is 14.7 Å². The molecular weight excluding hydrogens is 558 g/mol. The summed E-state index contributed by atoms with van der Waals surface area (Å²) in [6, 6.07) is 9.21. The molecule has 3 aromatic heterocycles. The predicted molar refractivity (Wildman–Crippen MR) is 158 cm³/mol. The molecule has 42 heavy (non-hydrogen) atoms. The van der Waals surface area contributed by atoms with Gasteiger partial charge in [-0.05, 0) is 49.2 Å². The zero-order valence-electron chi connectivity index (χ0n) is 23.5. The van der Waals surface area contributed by atoms with Crippen LogP contribution in [0.3, 0.4) is 0 Å². The Balaban J connectivity index is 1.32. The van der Waals surface area contributed by atoms with Crippen molar-refractivity contribution < 1.29 is 14.7 Å².